The predicted molar refractivity (Wildman–Crippen MR) is 73.3 cm³/mol. The van der Waals surface area contributed by atoms with Gasteiger partial charge in [0.1, 0.15) is 17.8 Å². The summed E-state index contributed by atoms with van der Waals surface area (Å²) in [7, 11) is 0. The fourth-order valence-corrected chi connectivity index (χ4v) is 2.67. The highest BCUT2D eigenvalue weighted by molar-refractivity contribution is 5.92. The normalized spacial score (nSPS) is 18.9. The number of amides is 1. The van der Waals surface area contributed by atoms with Gasteiger partial charge in [0.25, 0.3) is 5.91 Å². The Balaban J connectivity index is 1.83. The van der Waals surface area contributed by atoms with E-state index in [2.05, 4.69) is 20.2 Å². The van der Waals surface area contributed by atoms with Crippen molar-refractivity contribution in [2.45, 2.75) is 31.5 Å². The van der Waals surface area contributed by atoms with E-state index in [9.17, 15) is 18.0 Å². The van der Waals surface area contributed by atoms with Gasteiger partial charge in [0.05, 0.1) is 11.6 Å². The maximum absolute atomic E-state index is 12.6. The van der Waals surface area contributed by atoms with E-state index in [4.69, 9.17) is 0 Å². The molecule has 0 aromatic carbocycles. The molecule has 0 bridgehead atoms. The fourth-order valence-electron chi connectivity index (χ4n) is 2.67. The van der Waals surface area contributed by atoms with Gasteiger partial charge in [0, 0.05) is 12.7 Å². The molecule has 122 valence electrons. The summed E-state index contributed by atoms with van der Waals surface area (Å²) in [6.07, 6.45) is 0.0693. The third-order valence-electron chi connectivity index (χ3n) is 3.82. The van der Waals surface area contributed by atoms with E-state index >= 15 is 0 Å². The molecule has 0 spiro atoms. The van der Waals surface area contributed by atoms with E-state index in [1.165, 1.54) is 6.33 Å². The van der Waals surface area contributed by atoms with Crippen LogP contribution in [0.25, 0.3) is 0 Å². The van der Waals surface area contributed by atoms with Crippen molar-refractivity contribution in [1.82, 2.24) is 25.1 Å². The highest BCUT2D eigenvalue weighted by atomic mass is 19.4. The highest BCUT2D eigenvalue weighted by Gasteiger charge is 2.33. The quantitative estimate of drug-likeness (QED) is 0.921. The summed E-state index contributed by atoms with van der Waals surface area (Å²) in [6, 6.07) is 1.72. The number of aromatic nitrogens is 4. The standard InChI is InChI=1S/C14H14F3N5O/c15-14(16,17)9-4-5-10(18-7-9)13(23)22-6-2-1-3-11(22)12-19-8-20-21-12/h4-5,7-8,11H,1-3,6H2,(H,19,20,21). The van der Waals surface area contributed by atoms with Crippen molar-refractivity contribution in [3.8, 4) is 0 Å². The van der Waals surface area contributed by atoms with Crippen LogP contribution in [0.4, 0.5) is 13.2 Å². The van der Waals surface area contributed by atoms with Gasteiger partial charge >= 0.3 is 6.18 Å². The number of pyridine rings is 1. The minimum Gasteiger partial charge on any atom is -0.327 e. The lowest BCUT2D eigenvalue weighted by atomic mass is 10.0. The molecular weight excluding hydrogens is 311 g/mol. The van der Waals surface area contributed by atoms with Gasteiger partial charge in [-0.05, 0) is 31.4 Å². The molecular formula is C14H14F3N5O. The summed E-state index contributed by atoms with van der Waals surface area (Å²) in [5.41, 5.74) is -0.885. The van der Waals surface area contributed by atoms with Crippen molar-refractivity contribution in [3.63, 3.8) is 0 Å². The van der Waals surface area contributed by atoms with Crippen molar-refractivity contribution >= 4 is 5.91 Å². The van der Waals surface area contributed by atoms with Gasteiger partial charge in [-0.25, -0.2) is 4.98 Å². The van der Waals surface area contributed by atoms with Crippen LogP contribution in [0.2, 0.25) is 0 Å². The van der Waals surface area contributed by atoms with Gasteiger partial charge in [-0.15, -0.1) is 0 Å². The zero-order chi connectivity index (χ0) is 16.4. The summed E-state index contributed by atoms with van der Waals surface area (Å²) < 4.78 is 37.7. The molecule has 1 aliphatic rings. The Labute approximate surface area is 129 Å². The summed E-state index contributed by atoms with van der Waals surface area (Å²) >= 11 is 0. The fraction of sp³-hybridized carbons (Fsp3) is 0.429. The molecule has 1 atom stereocenters. The zero-order valence-corrected chi connectivity index (χ0v) is 12.0. The third-order valence-corrected chi connectivity index (χ3v) is 3.82. The highest BCUT2D eigenvalue weighted by Crippen LogP contribution is 2.31. The molecule has 1 unspecified atom stereocenters. The molecule has 9 heteroatoms. The van der Waals surface area contributed by atoms with Crippen molar-refractivity contribution in [2.24, 2.45) is 0 Å². The molecule has 3 rings (SSSR count). The Morgan fingerprint density at radius 1 is 1.26 bits per heavy atom. The van der Waals surface area contributed by atoms with Crippen molar-refractivity contribution in [2.75, 3.05) is 6.54 Å². The van der Waals surface area contributed by atoms with Crippen LogP contribution in [0.5, 0.6) is 0 Å². The average molecular weight is 325 g/mol. The molecule has 1 aliphatic heterocycles. The molecule has 0 radical (unpaired) electrons. The average Bonchev–Trinajstić information content (AvgIpc) is 3.08. The van der Waals surface area contributed by atoms with Gasteiger partial charge in [-0.3, -0.25) is 14.9 Å². The number of alkyl halides is 3. The van der Waals surface area contributed by atoms with Crippen LogP contribution in [0.15, 0.2) is 24.7 Å². The topological polar surface area (TPSA) is 74.8 Å². The van der Waals surface area contributed by atoms with Crippen LogP contribution < -0.4 is 0 Å². The first-order valence-electron chi connectivity index (χ1n) is 7.16. The van der Waals surface area contributed by atoms with Crippen LogP contribution in [0.3, 0.4) is 0 Å². The van der Waals surface area contributed by atoms with Crippen molar-refractivity contribution in [1.29, 1.82) is 0 Å². The Morgan fingerprint density at radius 3 is 2.70 bits per heavy atom. The Morgan fingerprint density at radius 2 is 2.09 bits per heavy atom. The summed E-state index contributed by atoms with van der Waals surface area (Å²) in [4.78, 5) is 21.9. The van der Waals surface area contributed by atoms with E-state index < -0.39 is 17.6 Å². The lowest BCUT2D eigenvalue weighted by Crippen LogP contribution is -2.39. The number of nitrogens with zero attached hydrogens (tertiary/aromatic N) is 4. The molecule has 2 aromatic heterocycles. The van der Waals surface area contributed by atoms with Gasteiger partial charge in [0.15, 0.2) is 0 Å². The van der Waals surface area contributed by atoms with Gasteiger partial charge in [0.2, 0.25) is 0 Å². The van der Waals surface area contributed by atoms with Crippen molar-refractivity contribution in [3.05, 3.63) is 41.7 Å². The van der Waals surface area contributed by atoms with E-state index in [-0.39, 0.29) is 11.7 Å². The van der Waals surface area contributed by atoms with Gasteiger partial charge in [-0.1, -0.05) is 0 Å². The number of carbonyl (C=O) groups excluding carboxylic acids is 1. The first-order valence-corrected chi connectivity index (χ1v) is 7.16. The molecule has 1 fully saturated rings. The van der Waals surface area contributed by atoms with Crippen LogP contribution >= 0.6 is 0 Å². The molecule has 1 saturated heterocycles. The number of likely N-dealkylation sites (tertiary alicyclic amines) is 1. The molecule has 2 aromatic rings. The molecule has 1 N–H and O–H groups in total. The number of halogens is 3. The first-order chi connectivity index (χ1) is 11.0. The Bertz CT molecular complexity index is 669. The molecule has 6 nitrogen and oxygen atoms in total. The number of hydrogen-bond acceptors (Lipinski definition) is 4. The second-order valence-electron chi connectivity index (χ2n) is 5.31. The second-order valence-corrected chi connectivity index (χ2v) is 5.31. The van der Waals surface area contributed by atoms with Crippen LogP contribution in [-0.4, -0.2) is 37.5 Å². The number of aromatic amines is 1. The van der Waals surface area contributed by atoms with E-state index in [0.29, 0.717) is 18.6 Å². The summed E-state index contributed by atoms with van der Waals surface area (Å²) in [6.45, 7) is 0.507. The van der Waals surface area contributed by atoms with Gasteiger partial charge in [-0.2, -0.15) is 18.3 Å². The zero-order valence-electron chi connectivity index (χ0n) is 12.0. The lowest BCUT2D eigenvalue weighted by Gasteiger charge is -2.34. The third kappa shape index (κ3) is 3.17. The molecule has 0 saturated carbocycles. The number of hydrogen-bond donors (Lipinski definition) is 1. The molecule has 1 amide bonds. The Hall–Kier alpha value is -2.45. The number of nitrogens with one attached hydrogen (secondary N) is 1. The summed E-state index contributed by atoms with van der Waals surface area (Å²) in [5, 5.41) is 6.54. The number of H-pyrrole nitrogens is 1. The SMILES string of the molecule is O=C(c1ccc(C(F)(F)F)cn1)N1CCCCC1c1ncn[nH]1. The largest absolute Gasteiger partial charge is 0.417 e. The van der Waals surface area contributed by atoms with Crippen LogP contribution in [0, 0.1) is 0 Å². The van der Waals surface area contributed by atoms with E-state index in [0.717, 1.165) is 31.4 Å². The van der Waals surface area contributed by atoms with Crippen LogP contribution in [0.1, 0.15) is 47.2 Å². The maximum Gasteiger partial charge on any atom is 0.417 e. The maximum atomic E-state index is 12.6. The first kappa shape index (κ1) is 15.4. The minimum atomic E-state index is -4.47. The predicted octanol–water partition coefficient (Wildman–Crippen LogP) is 2.59. The van der Waals surface area contributed by atoms with Crippen LogP contribution in [-0.2, 0) is 6.18 Å². The van der Waals surface area contributed by atoms with E-state index in [1.807, 2.05) is 0 Å². The lowest BCUT2D eigenvalue weighted by molar-refractivity contribution is -0.137. The number of carbonyl (C=O) groups is 1. The second kappa shape index (κ2) is 5.98. The molecule has 23 heavy (non-hydrogen) atoms. The van der Waals surface area contributed by atoms with Crippen molar-refractivity contribution < 1.29 is 18.0 Å². The Kier molecular flexibility index (Phi) is 4.01. The summed E-state index contributed by atoms with van der Waals surface area (Å²) in [5.74, 6) is 0.171. The van der Waals surface area contributed by atoms with E-state index in [1.54, 1.807) is 4.90 Å². The minimum absolute atomic E-state index is 0.00980. The molecule has 3 heterocycles. The molecule has 0 aliphatic carbocycles. The number of rotatable bonds is 2. The number of piperidine rings is 1. The smallest absolute Gasteiger partial charge is 0.327 e. The monoisotopic (exact) mass is 325 g/mol. The van der Waals surface area contributed by atoms with Gasteiger partial charge < -0.3 is 4.90 Å².